The molecule has 0 N–H and O–H groups in total. The Morgan fingerprint density at radius 3 is 2.55 bits per heavy atom. The van der Waals surface area contributed by atoms with Gasteiger partial charge in [-0.25, -0.2) is 0 Å². The van der Waals surface area contributed by atoms with E-state index in [4.69, 9.17) is 30.5 Å². The molecular formula is C33H49ClN2O4. The van der Waals surface area contributed by atoms with Crippen LogP contribution in [0.15, 0.2) is 47.0 Å². The van der Waals surface area contributed by atoms with Gasteiger partial charge in [0, 0.05) is 36.2 Å². The van der Waals surface area contributed by atoms with Crippen molar-refractivity contribution in [3.05, 3.63) is 57.6 Å². The number of aromatic nitrogens is 1. The number of methoxy groups -OCH3 is 2. The molecule has 0 spiro atoms. The average molecular weight is 573 g/mol. The molecule has 0 unspecified atom stereocenters. The number of likely N-dealkylation sites (tertiary alicyclic amines) is 1. The van der Waals surface area contributed by atoms with E-state index in [1.54, 1.807) is 33.6 Å². The molecule has 1 aromatic heterocycles. The molecule has 0 aliphatic carbocycles. The third-order valence-corrected chi connectivity index (χ3v) is 7.07. The lowest BCUT2D eigenvalue weighted by Gasteiger charge is -2.38. The second kappa shape index (κ2) is 20.2. The summed E-state index contributed by atoms with van der Waals surface area (Å²) in [6.07, 6.45) is 20.0. The number of halogens is 1. The van der Waals surface area contributed by atoms with Crippen molar-refractivity contribution in [2.24, 2.45) is 5.41 Å². The van der Waals surface area contributed by atoms with Crippen molar-refractivity contribution in [2.45, 2.75) is 60.3 Å². The Morgan fingerprint density at radius 1 is 1.25 bits per heavy atom. The van der Waals surface area contributed by atoms with Crippen molar-refractivity contribution in [1.29, 1.82) is 0 Å². The van der Waals surface area contributed by atoms with Gasteiger partial charge in [-0.15, -0.1) is 12.3 Å². The van der Waals surface area contributed by atoms with Crippen molar-refractivity contribution in [3.63, 3.8) is 0 Å². The van der Waals surface area contributed by atoms with Gasteiger partial charge in [0.2, 0.25) is 0 Å². The van der Waals surface area contributed by atoms with Crippen molar-refractivity contribution in [2.75, 3.05) is 53.7 Å². The summed E-state index contributed by atoms with van der Waals surface area (Å²) < 4.78 is 22.8. The second-order valence-electron chi connectivity index (χ2n) is 10.0. The number of nitrogens with zero attached hydrogens (tertiary/aromatic N) is 2. The number of ether oxygens (including phenoxy) is 4. The Hall–Kier alpha value is -2.72. The van der Waals surface area contributed by atoms with E-state index >= 15 is 0 Å². The minimum Gasteiger partial charge on any atom is -0.501 e. The van der Waals surface area contributed by atoms with E-state index < -0.39 is 0 Å². The van der Waals surface area contributed by atoms with E-state index in [9.17, 15) is 0 Å². The van der Waals surface area contributed by atoms with Crippen LogP contribution >= 0.6 is 11.6 Å². The van der Waals surface area contributed by atoms with Crippen LogP contribution in [-0.2, 0) is 14.2 Å². The van der Waals surface area contributed by atoms with Gasteiger partial charge in [-0.05, 0) is 82.7 Å². The molecule has 1 fully saturated rings. The lowest BCUT2D eigenvalue weighted by Crippen LogP contribution is -2.41. The maximum atomic E-state index is 6.36. The van der Waals surface area contributed by atoms with Crippen LogP contribution in [-0.4, -0.2) is 63.6 Å². The minimum absolute atomic E-state index is 0.304. The molecule has 1 saturated heterocycles. The van der Waals surface area contributed by atoms with Crippen molar-refractivity contribution >= 4 is 23.8 Å². The summed E-state index contributed by atoms with van der Waals surface area (Å²) in [7, 11) is 3.41. The summed E-state index contributed by atoms with van der Waals surface area (Å²) in [4.78, 5) is 7.06. The third kappa shape index (κ3) is 13.1. The first-order chi connectivity index (χ1) is 19.3. The topological polar surface area (TPSA) is 53.0 Å². The molecule has 222 valence electrons. The molecule has 0 bridgehead atoms. The van der Waals surface area contributed by atoms with Gasteiger partial charge in [-0.1, -0.05) is 37.6 Å². The molecule has 1 aromatic rings. The van der Waals surface area contributed by atoms with Gasteiger partial charge in [0.15, 0.2) is 5.76 Å². The molecular weight excluding hydrogens is 524 g/mol. The van der Waals surface area contributed by atoms with E-state index in [2.05, 4.69) is 42.2 Å². The summed E-state index contributed by atoms with van der Waals surface area (Å²) in [6.45, 7) is 15.1. The molecule has 7 heteroatoms. The zero-order valence-corrected chi connectivity index (χ0v) is 26.4. The Labute approximate surface area is 247 Å². The molecule has 0 atom stereocenters. The maximum Gasteiger partial charge on any atom is 0.155 e. The molecule has 0 aromatic carbocycles. The zero-order valence-electron chi connectivity index (χ0n) is 25.6. The highest BCUT2D eigenvalue weighted by Crippen LogP contribution is 2.30. The molecule has 2 rings (SSSR count). The Balaban J connectivity index is 0.00000254. The number of piperidine rings is 1. The van der Waals surface area contributed by atoms with Crippen molar-refractivity contribution in [1.82, 2.24) is 9.88 Å². The van der Waals surface area contributed by atoms with Crippen LogP contribution in [0.4, 0.5) is 0 Å². The average Bonchev–Trinajstić information content (AvgIpc) is 2.93. The van der Waals surface area contributed by atoms with E-state index in [-0.39, 0.29) is 0 Å². The van der Waals surface area contributed by atoms with Gasteiger partial charge < -0.3 is 23.8 Å². The summed E-state index contributed by atoms with van der Waals surface area (Å²) in [5.74, 6) is 3.62. The van der Waals surface area contributed by atoms with Crippen LogP contribution in [0.3, 0.4) is 0 Å². The van der Waals surface area contributed by atoms with E-state index in [1.165, 1.54) is 12.8 Å². The molecule has 1 aliphatic rings. The van der Waals surface area contributed by atoms with Gasteiger partial charge in [0.25, 0.3) is 0 Å². The summed E-state index contributed by atoms with van der Waals surface area (Å²) in [5.41, 5.74) is 1.35. The molecule has 0 saturated carbocycles. The number of allylic oxidation sites excluding steroid dienone is 4. The lowest BCUT2D eigenvalue weighted by molar-refractivity contribution is 0.0325. The van der Waals surface area contributed by atoms with Gasteiger partial charge >= 0.3 is 0 Å². The van der Waals surface area contributed by atoms with E-state index in [0.717, 1.165) is 61.0 Å². The Morgan fingerprint density at radius 2 is 1.95 bits per heavy atom. The third-order valence-electron chi connectivity index (χ3n) is 6.61. The monoisotopic (exact) mass is 572 g/mol. The zero-order chi connectivity index (χ0) is 29.8. The van der Waals surface area contributed by atoms with Crippen LogP contribution < -0.4 is 15.3 Å². The largest absolute Gasteiger partial charge is 0.501 e. The van der Waals surface area contributed by atoms with Crippen molar-refractivity contribution in [3.8, 4) is 18.1 Å². The fourth-order valence-corrected chi connectivity index (χ4v) is 4.56. The Bertz CT molecular complexity index is 1130. The minimum atomic E-state index is 0.304. The molecule has 40 heavy (non-hydrogen) atoms. The van der Waals surface area contributed by atoms with Crippen LogP contribution in [0, 0.1) is 17.8 Å². The number of hydrogen-bond acceptors (Lipinski definition) is 6. The van der Waals surface area contributed by atoms with E-state index in [0.29, 0.717) is 29.4 Å². The van der Waals surface area contributed by atoms with Crippen LogP contribution in [0.5, 0.6) is 5.75 Å². The lowest BCUT2D eigenvalue weighted by atomic mass is 9.81. The fourth-order valence-electron chi connectivity index (χ4n) is 4.42. The van der Waals surface area contributed by atoms with E-state index in [1.807, 2.05) is 38.1 Å². The number of pyridine rings is 1. The molecule has 6 nitrogen and oxygen atoms in total. The summed E-state index contributed by atoms with van der Waals surface area (Å²) in [6, 6.07) is 1.86. The van der Waals surface area contributed by atoms with Gasteiger partial charge in [-0.3, -0.25) is 4.98 Å². The second-order valence-corrected chi connectivity index (χ2v) is 10.4. The number of terminal acetylenes is 1. The Kier molecular flexibility index (Phi) is 17.8. The summed E-state index contributed by atoms with van der Waals surface area (Å²) in [5, 5.41) is 2.36. The van der Waals surface area contributed by atoms with Gasteiger partial charge in [-0.2, -0.15) is 0 Å². The summed E-state index contributed by atoms with van der Waals surface area (Å²) >= 11 is 6.36. The molecule has 0 radical (unpaired) electrons. The quantitative estimate of drug-likeness (QED) is 0.121. The van der Waals surface area contributed by atoms with Gasteiger partial charge in [0.1, 0.15) is 18.6 Å². The number of rotatable bonds is 14. The predicted octanol–water partition coefficient (Wildman–Crippen LogP) is 5.80. The smallest absolute Gasteiger partial charge is 0.155 e. The highest BCUT2D eigenvalue weighted by atomic mass is 35.5. The standard InChI is InChI=1S/C30H45ClN2O4.C3H4/c1-7-10-24(3)27(31)12-20-37-29-11-15-32-28(26(29)8-2)21-25(22-34-5)36-19-9-16-33-17-13-30(4,14-18-33)23-35-6;1-3-2/h8,10-12,15,21-22H,7,9,13-14,16-20,23H2,1-6H3;1H,2H3/b24-10-,25-22-,26-8+,27-12+,28-21+;. The first kappa shape index (κ1) is 35.3. The first-order valence-electron chi connectivity index (χ1n) is 14.0. The fraction of sp³-hybridized carbons (Fsp3) is 0.545. The highest BCUT2D eigenvalue weighted by molar-refractivity contribution is 6.31. The highest BCUT2D eigenvalue weighted by Gasteiger charge is 2.29. The van der Waals surface area contributed by atoms with Crippen LogP contribution in [0.1, 0.15) is 60.3 Å². The van der Waals surface area contributed by atoms with Crippen LogP contribution in [0.2, 0.25) is 0 Å². The van der Waals surface area contributed by atoms with Crippen LogP contribution in [0.25, 0.3) is 12.2 Å². The molecule has 0 amide bonds. The molecule has 1 aliphatic heterocycles. The maximum absolute atomic E-state index is 6.36. The molecule has 2 heterocycles. The van der Waals surface area contributed by atoms with Crippen molar-refractivity contribution < 1.29 is 18.9 Å². The number of hydrogen-bond donors (Lipinski definition) is 0. The first-order valence-corrected chi connectivity index (χ1v) is 14.4. The van der Waals surface area contributed by atoms with Gasteiger partial charge in [0.05, 0.1) is 25.7 Å². The predicted molar refractivity (Wildman–Crippen MR) is 167 cm³/mol. The normalized spacial score (nSPS) is 17.1. The SMILES string of the molecule is C#CC.C/C=c1/c(OC/C=C(Cl)\C(C)=C/CC)ccn/c1=C/C(=C/OC)OCCCN1CCC(C)(COC)CC1.